The number of benzene rings is 1. The van der Waals surface area contributed by atoms with Crippen LogP contribution in [0.15, 0.2) is 42.7 Å². The Bertz CT molecular complexity index is 811. The molecule has 0 atom stereocenters. The summed E-state index contributed by atoms with van der Waals surface area (Å²) in [6.45, 7) is 3.96. The van der Waals surface area contributed by atoms with Crippen molar-refractivity contribution in [1.82, 2.24) is 14.5 Å². The van der Waals surface area contributed by atoms with E-state index in [-0.39, 0.29) is 5.91 Å². The van der Waals surface area contributed by atoms with Gasteiger partial charge in [0.1, 0.15) is 0 Å². The van der Waals surface area contributed by atoms with E-state index in [1.807, 2.05) is 52.8 Å². The molecule has 1 amide bonds. The zero-order chi connectivity index (χ0) is 16.2. The Labute approximate surface area is 144 Å². The molecule has 3 rings (SSSR count). The fourth-order valence-corrected chi connectivity index (χ4v) is 3.67. The van der Waals surface area contributed by atoms with Gasteiger partial charge in [0.25, 0.3) is 0 Å². The summed E-state index contributed by atoms with van der Waals surface area (Å²) in [5.41, 5.74) is 2.02. The Hall–Kier alpha value is -1.85. The van der Waals surface area contributed by atoms with Gasteiger partial charge in [-0.2, -0.15) is 0 Å². The third kappa shape index (κ3) is 3.74. The van der Waals surface area contributed by atoms with Gasteiger partial charge in [0.05, 0.1) is 28.2 Å². The standard InChI is InChI=1S/C17H18ClN3OS/c1-2-20(11-13-7-8-16(18)23-13)17(22)9-10-21-12-19-14-5-3-4-6-15(14)21/h3-8,12H,2,9-11H2,1H3. The van der Waals surface area contributed by atoms with E-state index in [0.29, 0.717) is 26.1 Å². The number of carbonyl (C=O) groups excluding carboxylic acids is 1. The summed E-state index contributed by atoms with van der Waals surface area (Å²) in [5.74, 6) is 0.148. The third-order valence-electron chi connectivity index (χ3n) is 3.80. The van der Waals surface area contributed by atoms with Gasteiger partial charge in [-0.1, -0.05) is 23.7 Å². The molecule has 0 saturated carbocycles. The summed E-state index contributed by atoms with van der Waals surface area (Å²) >= 11 is 7.48. The first-order valence-electron chi connectivity index (χ1n) is 7.59. The van der Waals surface area contributed by atoms with Crippen molar-refractivity contribution < 1.29 is 4.79 Å². The number of para-hydroxylation sites is 2. The number of amides is 1. The Morgan fingerprint density at radius 2 is 2.13 bits per heavy atom. The number of aryl methyl sites for hydroxylation is 1. The minimum Gasteiger partial charge on any atom is -0.338 e. The molecule has 2 heterocycles. The molecule has 4 nitrogen and oxygen atoms in total. The molecule has 0 unspecified atom stereocenters. The maximum Gasteiger partial charge on any atom is 0.224 e. The number of rotatable bonds is 6. The van der Waals surface area contributed by atoms with Crippen LogP contribution in [0.3, 0.4) is 0 Å². The van der Waals surface area contributed by atoms with Crippen molar-refractivity contribution in [2.75, 3.05) is 6.54 Å². The summed E-state index contributed by atoms with van der Waals surface area (Å²) in [6, 6.07) is 11.8. The Morgan fingerprint density at radius 3 is 2.87 bits per heavy atom. The van der Waals surface area contributed by atoms with E-state index in [1.54, 1.807) is 6.33 Å². The van der Waals surface area contributed by atoms with E-state index < -0.39 is 0 Å². The summed E-state index contributed by atoms with van der Waals surface area (Å²) in [5, 5.41) is 0. The van der Waals surface area contributed by atoms with E-state index in [1.165, 1.54) is 11.3 Å². The second kappa shape index (κ2) is 7.15. The lowest BCUT2D eigenvalue weighted by atomic mass is 10.3. The van der Waals surface area contributed by atoms with Crippen LogP contribution >= 0.6 is 22.9 Å². The molecule has 0 aliphatic carbocycles. The number of fused-ring (bicyclic) bond motifs is 1. The van der Waals surface area contributed by atoms with Crippen LogP contribution in [0.4, 0.5) is 0 Å². The zero-order valence-electron chi connectivity index (χ0n) is 12.9. The van der Waals surface area contributed by atoms with Gasteiger partial charge in [-0.3, -0.25) is 4.79 Å². The van der Waals surface area contributed by atoms with Gasteiger partial charge in [-0.05, 0) is 31.2 Å². The number of aromatic nitrogens is 2. The van der Waals surface area contributed by atoms with Crippen molar-refractivity contribution in [3.8, 4) is 0 Å². The lowest BCUT2D eigenvalue weighted by Crippen LogP contribution is -2.30. The number of hydrogen-bond donors (Lipinski definition) is 0. The SMILES string of the molecule is CCN(Cc1ccc(Cl)s1)C(=O)CCn1cnc2ccccc21. The molecule has 0 bridgehead atoms. The predicted molar refractivity (Wildman–Crippen MR) is 94.8 cm³/mol. The molecule has 2 aromatic heterocycles. The molecule has 0 fully saturated rings. The van der Waals surface area contributed by atoms with Crippen LogP contribution in [0.5, 0.6) is 0 Å². The Morgan fingerprint density at radius 1 is 1.30 bits per heavy atom. The maximum absolute atomic E-state index is 12.5. The highest BCUT2D eigenvalue weighted by atomic mass is 35.5. The third-order valence-corrected chi connectivity index (χ3v) is 5.02. The normalized spacial score (nSPS) is 11.0. The number of carbonyl (C=O) groups is 1. The van der Waals surface area contributed by atoms with Crippen molar-refractivity contribution >= 4 is 39.9 Å². The lowest BCUT2D eigenvalue weighted by molar-refractivity contribution is -0.131. The highest BCUT2D eigenvalue weighted by molar-refractivity contribution is 7.16. The molecule has 0 spiro atoms. The van der Waals surface area contributed by atoms with E-state index in [9.17, 15) is 4.79 Å². The highest BCUT2D eigenvalue weighted by Gasteiger charge is 2.14. The Kier molecular flexibility index (Phi) is 4.98. The number of nitrogens with zero attached hydrogens (tertiary/aromatic N) is 3. The quantitative estimate of drug-likeness (QED) is 0.670. The zero-order valence-corrected chi connectivity index (χ0v) is 14.5. The molecule has 0 aliphatic heterocycles. The second-order valence-electron chi connectivity index (χ2n) is 5.29. The minimum atomic E-state index is 0.148. The summed E-state index contributed by atoms with van der Waals surface area (Å²) in [6.07, 6.45) is 2.26. The van der Waals surface area contributed by atoms with Crippen LogP contribution in [-0.4, -0.2) is 26.9 Å². The molecule has 0 saturated heterocycles. The molecule has 1 aromatic carbocycles. The van der Waals surface area contributed by atoms with Crippen molar-refractivity contribution in [2.45, 2.75) is 26.4 Å². The van der Waals surface area contributed by atoms with Crippen LogP contribution < -0.4 is 0 Å². The van der Waals surface area contributed by atoms with Crippen LogP contribution in [-0.2, 0) is 17.9 Å². The lowest BCUT2D eigenvalue weighted by Gasteiger charge is -2.20. The van der Waals surface area contributed by atoms with Gasteiger partial charge in [-0.25, -0.2) is 4.98 Å². The average molecular weight is 348 g/mol. The molecule has 0 aliphatic rings. The molecule has 120 valence electrons. The first kappa shape index (κ1) is 16.0. The van der Waals surface area contributed by atoms with Crippen LogP contribution in [0, 0.1) is 0 Å². The smallest absolute Gasteiger partial charge is 0.224 e. The highest BCUT2D eigenvalue weighted by Crippen LogP contribution is 2.23. The number of halogens is 1. The van der Waals surface area contributed by atoms with Gasteiger partial charge in [0.15, 0.2) is 0 Å². The van der Waals surface area contributed by atoms with Crippen molar-refractivity contribution in [2.24, 2.45) is 0 Å². The van der Waals surface area contributed by atoms with E-state index in [2.05, 4.69) is 4.98 Å². The van der Waals surface area contributed by atoms with E-state index >= 15 is 0 Å². The van der Waals surface area contributed by atoms with Gasteiger partial charge >= 0.3 is 0 Å². The van der Waals surface area contributed by atoms with Crippen molar-refractivity contribution in [3.05, 3.63) is 51.9 Å². The molecular formula is C17H18ClN3OS. The fraction of sp³-hybridized carbons (Fsp3) is 0.294. The average Bonchev–Trinajstić information content (AvgIpc) is 3.16. The maximum atomic E-state index is 12.5. The summed E-state index contributed by atoms with van der Waals surface area (Å²) in [7, 11) is 0. The number of imidazole rings is 1. The summed E-state index contributed by atoms with van der Waals surface area (Å²) < 4.78 is 2.79. The number of thiophene rings is 1. The first-order chi connectivity index (χ1) is 11.2. The van der Waals surface area contributed by atoms with E-state index in [4.69, 9.17) is 11.6 Å². The van der Waals surface area contributed by atoms with Gasteiger partial charge in [0, 0.05) is 24.4 Å². The second-order valence-corrected chi connectivity index (χ2v) is 7.09. The fourth-order valence-electron chi connectivity index (χ4n) is 2.56. The van der Waals surface area contributed by atoms with Gasteiger partial charge < -0.3 is 9.47 Å². The molecule has 0 radical (unpaired) electrons. The molecule has 0 N–H and O–H groups in total. The van der Waals surface area contributed by atoms with Crippen LogP contribution in [0.25, 0.3) is 11.0 Å². The van der Waals surface area contributed by atoms with Gasteiger partial charge in [-0.15, -0.1) is 11.3 Å². The van der Waals surface area contributed by atoms with Crippen molar-refractivity contribution in [3.63, 3.8) is 0 Å². The first-order valence-corrected chi connectivity index (χ1v) is 8.78. The van der Waals surface area contributed by atoms with Crippen LogP contribution in [0.2, 0.25) is 4.34 Å². The van der Waals surface area contributed by atoms with E-state index in [0.717, 1.165) is 20.2 Å². The predicted octanol–water partition coefficient (Wildman–Crippen LogP) is 4.19. The minimum absolute atomic E-state index is 0.148. The number of hydrogen-bond acceptors (Lipinski definition) is 3. The monoisotopic (exact) mass is 347 g/mol. The Balaban J connectivity index is 1.63. The van der Waals surface area contributed by atoms with Crippen molar-refractivity contribution in [1.29, 1.82) is 0 Å². The topological polar surface area (TPSA) is 38.1 Å². The molecule has 3 aromatic rings. The molecule has 23 heavy (non-hydrogen) atoms. The van der Waals surface area contributed by atoms with Crippen LogP contribution in [0.1, 0.15) is 18.2 Å². The molecule has 6 heteroatoms. The summed E-state index contributed by atoms with van der Waals surface area (Å²) in [4.78, 5) is 19.8. The van der Waals surface area contributed by atoms with Gasteiger partial charge in [0.2, 0.25) is 5.91 Å². The largest absolute Gasteiger partial charge is 0.338 e. The molecular weight excluding hydrogens is 330 g/mol.